The molecule has 4 N–H and O–H groups in total. The van der Waals surface area contributed by atoms with Gasteiger partial charge in [0, 0.05) is 19.5 Å². The van der Waals surface area contributed by atoms with E-state index < -0.39 is 0 Å². The summed E-state index contributed by atoms with van der Waals surface area (Å²) in [6, 6.07) is -0.322. The third kappa shape index (κ3) is 4.94. The molecule has 0 heterocycles. The van der Waals surface area contributed by atoms with Crippen LogP contribution in [0, 0.1) is 11.8 Å². The first-order valence-electron chi connectivity index (χ1n) is 7.38. The second-order valence-corrected chi connectivity index (χ2v) is 5.97. The highest BCUT2D eigenvalue weighted by Crippen LogP contribution is 2.31. The van der Waals surface area contributed by atoms with Gasteiger partial charge < -0.3 is 16.4 Å². The lowest BCUT2D eigenvalue weighted by atomic mass is 9.97. The average Bonchev–Trinajstić information content (AvgIpc) is 3.08. The molecule has 6 heteroatoms. The third-order valence-corrected chi connectivity index (χ3v) is 4.25. The van der Waals surface area contributed by atoms with Gasteiger partial charge in [-0.15, -0.1) is 12.4 Å². The fraction of sp³-hybridized carbons (Fsp3) is 0.857. The molecule has 2 rings (SSSR count). The zero-order valence-electron chi connectivity index (χ0n) is 12.1. The number of rotatable bonds is 6. The Morgan fingerprint density at radius 1 is 1.15 bits per heavy atom. The minimum Gasteiger partial charge on any atom is -0.353 e. The normalized spacial score (nSPS) is 21.7. The van der Waals surface area contributed by atoms with Crippen LogP contribution in [0.5, 0.6) is 0 Å². The summed E-state index contributed by atoms with van der Waals surface area (Å²) in [5.41, 5.74) is 5.98. The maximum absolute atomic E-state index is 12.2. The molecule has 0 spiro atoms. The highest BCUT2D eigenvalue weighted by atomic mass is 35.5. The van der Waals surface area contributed by atoms with Crippen molar-refractivity contribution in [1.82, 2.24) is 10.6 Å². The summed E-state index contributed by atoms with van der Waals surface area (Å²) in [4.78, 5) is 23.5. The summed E-state index contributed by atoms with van der Waals surface area (Å²) in [5, 5.41) is 5.71. The van der Waals surface area contributed by atoms with Crippen molar-refractivity contribution in [3.63, 3.8) is 0 Å². The van der Waals surface area contributed by atoms with Crippen molar-refractivity contribution >= 4 is 24.2 Å². The van der Waals surface area contributed by atoms with Crippen LogP contribution in [0.3, 0.4) is 0 Å². The molecule has 0 saturated heterocycles. The molecule has 116 valence electrons. The molecule has 0 aromatic heterocycles. The van der Waals surface area contributed by atoms with Gasteiger partial charge in [-0.05, 0) is 37.5 Å². The van der Waals surface area contributed by atoms with Crippen LogP contribution in [0.15, 0.2) is 0 Å². The van der Waals surface area contributed by atoms with Crippen molar-refractivity contribution < 1.29 is 9.59 Å². The lowest BCUT2D eigenvalue weighted by molar-refractivity contribution is -0.129. The molecule has 2 atom stereocenters. The minimum atomic E-state index is -0.383. The summed E-state index contributed by atoms with van der Waals surface area (Å²) in [7, 11) is 0. The monoisotopic (exact) mass is 303 g/mol. The molecule has 2 fully saturated rings. The van der Waals surface area contributed by atoms with Crippen LogP contribution in [0.2, 0.25) is 0 Å². The molecule has 5 nitrogen and oxygen atoms in total. The molecule has 2 aliphatic carbocycles. The van der Waals surface area contributed by atoms with Crippen molar-refractivity contribution in [2.45, 2.75) is 57.5 Å². The first-order valence-corrected chi connectivity index (χ1v) is 7.38. The van der Waals surface area contributed by atoms with Crippen LogP contribution in [0.4, 0.5) is 0 Å². The molecular formula is C14H26ClN3O2. The number of halogens is 1. The second-order valence-electron chi connectivity index (χ2n) is 5.97. The number of nitrogens with two attached hydrogens (primary N) is 1. The average molecular weight is 304 g/mol. The fourth-order valence-corrected chi connectivity index (χ4v) is 2.93. The van der Waals surface area contributed by atoms with Crippen LogP contribution in [0.25, 0.3) is 0 Å². The van der Waals surface area contributed by atoms with Crippen molar-refractivity contribution in [3.05, 3.63) is 0 Å². The Morgan fingerprint density at radius 3 is 2.25 bits per heavy atom. The molecule has 2 aliphatic rings. The van der Waals surface area contributed by atoms with E-state index in [1.165, 1.54) is 19.8 Å². The maximum Gasteiger partial charge on any atom is 0.242 e. The van der Waals surface area contributed by atoms with Crippen molar-refractivity contribution in [1.29, 1.82) is 0 Å². The van der Waals surface area contributed by atoms with Gasteiger partial charge in [0.1, 0.15) is 6.04 Å². The van der Waals surface area contributed by atoms with Crippen LogP contribution < -0.4 is 16.4 Å². The highest BCUT2D eigenvalue weighted by Gasteiger charge is 2.33. The maximum atomic E-state index is 12.2. The number of carbonyl (C=O) groups is 2. The van der Waals surface area contributed by atoms with Gasteiger partial charge in [-0.25, -0.2) is 0 Å². The van der Waals surface area contributed by atoms with Gasteiger partial charge in [0.15, 0.2) is 0 Å². The Hall–Kier alpha value is -0.810. The van der Waals surface area contributed by atoms with E-state index >= 15 is 0 Å². The van der Waals surface area contributed by atoms with Crippen LogP contribution >= 0.6 is 12.4 Å². The minimum absolute atomic E-state index is 0. The Labute approximate surface area is 126 Å². The number of hydrogen-bond acceptors (Lipinski definition) is 3. The van der Waals surface area contributed by atoms with E-state index in [0.29, 0.717) is 12.5 Å². The second kappa shape index (κ2) is 7.84. The molecule has 0 aliphatic heterocycles. The summed E-state index contributed by atoms with van der Waals surface area (Å²) < 4.78 is 0. The van der Waals surface area contributed by atoms with Crippen LogP contribution in [0.1, 0.15) is 45.4 Å². The molecule has 0 aromatic rings. The van der Waals surface area contributed by atoms with E-state index in [1.807, 2.05) is 0 Å². The van der Waals surface area contributed by atoms with E-state index in [-0.39, 0.29) is 42.2 Å². The van der Waals surface area contributed by atoms with Crippen LogP contribution in [-0.2, 0) is 9.59 Å². The van der Waals surface area contributed by atoms with Crippen molar-refractivity contribution in [2.75, 3.05) is 6.54 Å². The first kappa shape index (κ1) is 17.2. The summed E-state index contributed by atoms with van der Waals surface area (Å²) in [6.07, 6.45) is 6.69. The largest absolute Gasteiger partial charge is 0.353 e. The van der Waals surface area contributed by atoms with Gasteiger partial charge in [-0.3, -0.25) is 9.59 Å². The zero-order chi connectivity index (χ0) is 13.8. The Balaban J connectivity index is 0.00000200. The van der Waals surface area contributed by atoms with Gasteiger partial charge in [-0.2, -0.15) is 0 Å². The zero-order valence-corrected chi connectivity index (χ0v) is 12.9. The predicted molar refractivity (Wildman–Crippen MR) is 80.5 cm³/mol. The van der Waals surface area contributed by atoms with Crippen molar-refractivity contribution in [2.24, 2.45) is 17.6 Å². The molecule has 0 bridgehead atoms. The topological polar surface area (TPSA) is 84.2 Å². The lowest BCUT2D eigenvalue weighted by Crippen LogP contribution is -2.52. The number of carbonyl (C=O) groups excluding carboxylic acids is 2. The van der Waals surface area contributed by atoms with Gasteiger partial charge in [0.05, 0.1) is 0 Å². The molecular weight excluding hydrogens is 278 g/mol. The van der Waals surface area contributed by atoms with Gasteiger partial charge in [0.2, 0.25) is 11.8 Å². The molecule has 2 unspecified atom stereocenters. The fourth-order valence-electron chi connectivity index (χ4n) is 2.93. The third-order valence-electron chi connectivity index (χ3n) is 4.25. The Morgan fingerprint density at radius 2 is 1.75 bits per heavy atom. The molecule has 2 amide bonds. The molecule has 2 saturated carbocycles. The SMILES string of the molecule is CC(=O)NC(C(=O)NCC(N)C1CC1)C1CCCC1.Cl. The smallest absolute Gasteiger partial charge is 0.242 e. The summed E-state index contributed by atoms with van der Waals surface area (Å²) >= 11 is 0. The molecule has 0 radical (unpaired) electrons. The van der Waals surface area contributed by atoms with E-state index in [9.17, 15) is 9.59 Å². The van der Waals surface area contributed by atoms with E-state index in [1.54, 1.807) is 0 Å². The van der Waals surface area contributed by atoms with Crippen molar-refractivity contribution in [3.8, 4) is 0 Å². The first-order chi connectivity index (χ1) is 9.08. The Kier molecular flexibility index (Phi) is 6.76. The summed E-state index contributed by atoms with van der Waals surface area (Å²) in [5.74, 6) is 0.642. The molecule has 20 heavy (non-hydrogen) atoms. The quantitative estimate of drug-likeness (QED) is 0.683. The van der Waals surface area contributed by atoms with E-state index in [2.05, 4.69) is 10.6 Å². The standard InChI is InChI=1S/C14H25N3O2.ClH/c1-9(18)17-13(11-4-2-3-5-11)14(19)16-8-12(15)10-6-7-10;/h10-13H,2-8,15H2,1H3,(H,16,19)(H,17,18);1H. The number of nitrogens with one attached hydrogen (secondary N) is 2. The highest BCUT2D eigenvalue weighted by molar-refractivity contribution is 5.87. The lowest BCUT2D eigenvalue weighted by Gasteiger charge is -2.24. The van der Waals surface area contributed by atoms with Gasteiger partial charge in [0.25, 0.3) is 0 Å². The number of hydrogen-bond donors (Lipinski definition) is 3. The van der Waals surface area contributed by atoms with Gasteiger partial charge in [-0.1, -0.05) is 12.8 Å². The van der Waals surface area contributed by atoms with Gasteiger partial charge >= 0.3 is 0 Å². The summed E-state index contributed by atoms with van der Waals surface area (Å²) in [6.45, 7) is 1.98. The predicted octanol–water partition coefficient (Wildman–Crippen LogP) is 0.957. The van der Waals surface area contributed by atoms with E-state index in [4.69, 9.17) is 5.73 Å². The Bertz CT molecular complexity index is 341. The van der Waals surface area contributed by atoms with E-state index in [0.717, 1.165) is 25.7 Å². The molecule has 0 aromatic carbocycles. The number of amides is 2. The van der Waals surface area contributed by atoms with Crippen LogP contribution in [-0.4, -0.2) is 30.4 Å².